The molecule has 0 amide bonds. The van der Waals surface area contributed by atoms with Gasteiger partial charge in [0.25, 0.3) is 5.56 Å². The van der Waals surface area contributed by atoms with Gasteiger partial charge in [0.15, 0.2) is 5.43 Å². The van der Waals surface area contributed by atoms with Crippen LogP contribution >= 0.6 is 0 Å². The second-order valence-electron chi connectivity index (χ2n) is 3.02. The van der Waals surface area contributed by atoms with Crippen LogP contribution in [-0.2, 0) is 6.42 Å². The fourth-order valence-electron chi connectivity index (χ4n) is 1.22. The van der Waals surface area contributed by atoms with E-state index in [1.54, 1.807) is 6.07 Å². The van der Waals surface area contributed by atoms with Gasteiger partial charge in [-0.3, -0.25) is 9.59 Å². The predicted octanol–water partition coefficient (Wildman–Crippen LogP) is 0.314. The summed E-state index contributed by atoms with van der Waals surface area (Å²) in [6.45, 7) is 0. The first-order chi connectivity index (χ1) is 7.25. The van der Waals surface area contributed by atoms with Crippen molar-refractivity contribution in [1.29, 1.82) is 0 Å². The second-order valence-corrected chi connectivity index (χ2v) is 3.02. The van der Waals surface area contributed by atoms with E-state index in [2.05, 4.69) is 10.2 Å². The molecule has 2 heterocycles. The van der Waals surface area contributed by atoms with Crippen LogP contribution in [0.2, 0.25) is 0 Å². The van der Waals surface area contributed by atoms with Crippen LogP contribution in [0.1, 0.15) is 11.3 Å². The molecular weight excluding hydrogens is 196 g/mol. The first-order valence-corrected chi connectivity index (χ1v) is 4.36. The van der Waals surface area contributed by atoms with Gasteiger partial charge < -0.3 is 4.42 Å². The van der Waals surface area contributed by atoms with Gasteiger partial charge in [0, 0.05) is 30.3 Å². The van der Waals surface area contributed by atoms with Crippen molar-refractivity contribution in [1.82, 2.24) is 10.2 Å². The van der Waals surface area contributed by atoms with Crippen molar-refractivity contribution in [2.75, 3.05) is 0 Å². The van der Waals surface area contributed by atoms with Gasteiger partial charge in [0.05, 0.1) is 6.26 Å². The lowest BCUT2D eigenvalue weighted by Crippen LogP contribution is -2.14. The molecule has 0 fully saturated rings. The molecular formula is C10H8N2O3. The number of nitrogens with zero attached hydrogens (tertiary/aromatic N) is 1. The van der Waals surface area contributed by atoms with Crippen LogP contribution in [0.15, 0.2) is 44.7 Å². The minimum atomic E-state index is -0.274. The van der Waals surface area contributed by atoms with Crippen molar-refractivity contribution in [2.45, 2.75) is 6.42 Å². The van der Waals surface area contributed by atoms with Crippen LogP contribution < -0.4 is 11.0 Å². The van der Waals surface area contributed by atoms with E-state index < -0.39 is 0 Å². The lowest BCUT2D eigenvalue weighted by molar-refractivity contribution is 0.500. The Bertz CT molecular complexity index is 571. The standard InChI is InChI=1S/C10H8N2O3/c13-8-2-4-15-9(6-8)5-7-1-3-11-12-10(7)14/h1-4,6H,5H2,(H,12,14). The highest BCUT2D eigenvalue weighted by molar-refractivity contribution is 5.14. The van der Waals surface area contributed by atoms with Gasteiger partial charge in [-0.1, -0.05) is 0 Å². The quantitative estimate of drug-likeness (QED) is 0.764. The smallest absolute Gasteiger partial charge is 0.267 e. The molecule has 2 aromatic rings. The second kappa shape index (κ2) is 3.91. The number of H-pyrrole nitrogens is 1. The van der Waals surface area contributed by atoms with Crippen molar-refractivity contribution >= 4 is 0 Å². The zero-order chi connectivity index (χ0) is 10.7. The molecule has 1 N–H and O–H groups in total. The van der Waals surface area contributed by atoms with Gasteiger partial charge in [0.2, 0.25) is 0 Å². The van der Waals surface area contributed by atoms with Crippen LogP contribution in [0.4, 0.5) is 0 Å². The molecule has 76 valence electrons. The number of hydrogen-bond donors (Lipinski definition) is 1. The van der Waals surface area contributed by atoms with Crippen LogP contribution in [0, 0.1) is 0 Å². The topological polar surface area (TPSA) is 76.0 Å². The SMILES string of the molecule is O=c1ccoc(Cc2ccn[nH]c2=O)c1. The normalized spacial score (nSPS) is 10.1. The molecule has 0 atom stereocenters. The molecule has 15 heavy (non-hydrogen) atoms. The van der Waals surface area contributed by atoms with Gasteiger partial charge in [-0.05, 0) is 6.07 Å². The molecule has 0 aliphatic heterocycles. The first-order valence-electron chi connectivity index (χ1n) is 4.36. The van der Waals surface area contributed by atoms with E-state index in [-0.39, 0.29) is 17.4 Å². The van der Waals surface area contributed by atoms with Crippen LogP contribution in [0.5, 0.6) is 0 Å². The van der Waals surface area contributed by atoms with Gasteiger partial charge in [-0.25, -0.2) is 5.10 Å². The Morgan fingerprint density at radius 2 is 2.20 bits per heavy atom. The number of aromatic nitrogens is 2. The third-order valence-corrected chi connectivity index (χ3v) is 1.93. The molecule has 5 heteroatoms. The lowest BCUT2D eigenvalue weighted by atomic mass is 10.2. The summed E-state index contributed by atoms with van der Waals surface area (Å²) in [4.78, 5) is 22.3. The molecule has 0 aromatic carbocycles. The van der Waals surface area contributed by atoms with Crippen molar-refractivity contribution in [3.8, 4) is 0 Å². The van der Waals surface area contributed by atoms with Crippen molar-refractivity contribution in [2.24, 2.45) is 0 Å². The Hall–Kier alpha value is -2.17. The maximum absolute atomic E-state index is 11.3. The van der Waals surface area contributed by atoms with Crippen LogP contribution in [-0.4, -0.2) is 10.2 Å². The largest absolute Gasteiger partial charge is 0.469 e. The third kappa shape index (κ3) is 2.19. The molecule has 5 nitrogen and oxygen atoms in total. The van der Waals surface area contributed by atoms with E-state index in [0.29, 0.717) is 11.3 Å². The molecule has 0 saturated heterocycles. The molecule has 0 spiro atoms. The summed E-state index contributed by atoms with van der Waals surface area (Å²) in [5.41, 5.74) is 0.102. The number of nitrogens with one attached hydrogen (secondary N) is 1. The summed E-state index contributed by atoms with van der Waals surface area (Å²) in [7, 11) is 0. The van der Waals surface area contributed by atoms with E-state index in [9.17, 15) is 9.59 Å². The maximum atomic E-state index is 11.3. The van der Waals surface area contributed by atoms with Gasteiger partial charge in [-0.15, -0.1) is 0 Å². The average Bonchev–Trinajstić information content (AvgIpc) is 2.22. The fourth-order valence-corrected chi connectivity index (χ4v) is 1.22. The fraction of sp³-hybridized carbons (Fsp3) is 0.100. The van der Waals surface area contributed by atoms with Gasteiger partial charge in [-0.2, -0.15) is 5.10 Å². The Balaban J connectivity index is 2.34. The highest BCUT2D eigenvalue weighted by atomic mass is 16.3. The Morgan fingerprint density at radius 3 is 2.93 bits per heavy atom. The minimum Gasteiger partial charge on any atom is -0.469 e. The van der Waals surface area contributed by atoms with Gasteiger partial charge in [0.1, 0.15) is 5.76 Å². The molecule has 0 unspecified atom stereocenters. The van der Waals surface area contributed by atoms with Crippen LogP contribution in [0.25, 0.3) is 0 Å². The molecule has 0 bridgehead atoms. The number of hydrogen-bond acceptors (Lipinski definition) is 4. The zero-order valence-electron chi connectivity index (χ0n) is 7.77. The Labute approximate surface area is 84.4 Å². The van der Waals surface area contributed by atoms with E-state index in [1.165, 1.54) is 24.6 Å². The van der Waals surface area contributed by atoms with Crippen LogP contribution in [0.3, 0.4) is 0 Å². The molecule has 2 rings (SSSR count). The Morgan fingerprint density at radius 1 is 1.33 bits per heavy atom. The lowest BCUT2D eigenvalue weighted by Gasteiger charge is -1.97. The number of rotatable bonds is 2. The maximum Gasteiger partial charge on any atom is 0.267 e. The highest BCUT2D eigenvalue weighted by Crippen LogP contribution is 2.01. The highest BCUT2D eigenvalue weighted by Gasteiger charge is 2.02. The monoisotopic (exact) mass is 204 g/mol. The van der Waals surface area contributed by atoms with E-state index in [1.807, 2.05) is 0 Å². The summed E-state index contributed by atoms with van der Waals surface area (Å²) in [6.07, 6.45) is 3.08. The summed E-state index contributed by atoms with van der Waals surface area (Å²) < 4.78 is 5.09. The summed E-state index contributed by atoms with van der Waals surface area (Å²) in [6, 6.07) is 4.27. The Kier molecular flexibility index (Phi) is 2.45. The zero-order valence-corrected chi connectivity index (χ0v) is 7.77. The first kappa shape index (κ1) is 9.39. The van der Waals surface area contributed by atoms with Crippen molar-refractivity contribution in [3.05, 3.63) is 62.6 Å². The summed E-state index contributed by atoms with van der Waals surface area (Å²) in [5.74, 6) is 0.458. The molecule has 2 aromatic heterocycles. The van der Waals surface area contributed by atoms with Gasteiger partial charge >= 0.3 is 0 Å². The molecule has 0 radical (unpaired) electrons. The van der Waals surface area contributed by atoms with E-state index in [4.69, 9.17) is 4.42 Å². The minimum absolute atomic E-state index is 0.137. The van der Waals surface area contributed by atoms with E-state index in [0.717, 1.165) is 0 Å². The van der Waals surface area contributed by atoms with Crippen molar-refractivity contribution in [3.63, 3.8) is 0 Å². The van der Waals surface area contributed by atoms with Crippen molar-refractivity contribution < 1.29 is 4.42 Å². The van der Waals surface area contributed by atoms with E-state index >= 15 is 0 Å². The third-order valence-electron chi connectivity index (χ3n) is 1.93. The predicted molar refractivity (Wildman–Crippen MR) is 52.6 cm³/mol. The average molecular weight is 204 g/mol. The molecule has 0 saturated carbocycles. The number of aromatic amines is 1. The summed E-state index contributed by atoms with van der Waals surface area (Å²) in [5, 5.41) is 5.88. The molecule has 0 aliphatic carbocycles. The summed E-state index contributed by atoms with van der Waals surface area (Å²) >= 11 is 0. The molecule has 0 aliphatic rings.